The Morgan fingerprint density at radius 1 is 1.40 bits per heavy atom. The Hall–Kier alpha value is -2.44. The maximum Gasteiger partial charge on any atom is 0.248 e. The molecule has 78 valence electrons. The van der Waals surface area contributed by atoms with E-state index < -0.39 is 5.91 Å². The third-order valence-electron chi connectivity index (χ3n) is 1.43. The summed E-state index contributed by atoms with van der Waals surface area (Å²) in [5.74, 6) is -0.350. The second kappa shape index (κ2) is 4.70. The maximum atomic E-state index is 10.8. The lowest BCUT2D eigenvalue weighted by Gasteiger charge is -1.95. The predicted molar refractivity (Wildman–Crippen MR) is 56.7 cm³/mol. The Bertz CT molecular complexity index is 421. The van der Waals surface area contributed by atoms with Crippen molar-refractivity contribution in [2.24, 2.45) is 27.2 Å². The van der Waals surface area contributed by atoms with Gasteiger partial charge in [0.05, 0.1) is 0 Å². The molecule has 0 saturated heterocycles. The monoisotopic (exact) mass is 206 g/mol. The van der Waals surface area contributed by atoms with Crippen LogP contribution in [0.1, 0.15) is 10.4 Å². The molecule has 1 heterocycles. The Morgan fingerprint density at radius 3 is 2.73 bits per heavy atom. The van der Waals surface area contributed by atoms with Gasteiger partial charge in [0.15, 0.2) is 11.8 Å². The standard InChI is InChI=1S/C8H10N6O/c9-7(15)5-1-2-12-6(3-5)13-4-14-8(10)11/h1-4H,(H2,9,15)(H4,10,11,12,13,14). The van der Waals surface area contributed by atoms with E-state index in [4.69, 9.17) is 17.2 Å². The number of hydrogen-bond donors (Lipinski definition) is 3. The summed E-state index contributed by atoms with van der Waals surface area (Å²) in [7, 11) is 0. The summed E-state index contributed by atoms with van der Waals surface area (Å²) >= 11 is 0. The molecule has 0 aromatic carbocycles. The quantitative estimate of drug-likeness (QED) is 0.437. The van der Waals surface area contributed by atoms with Gasteiger partial charge in [0.25, 0.3) is 0 Å². The molecule has 0 bridgehead atoms. The lowest BCUT2D eigenvalue weighted by atomic mass is 10.2. The van der Waals surface area contributed by atoms with Crippen LogP contribution in [-0.2, 0) is 0 Å². The highest BCUT2D eigenvalue weighted by Crippen LogP contribution is 2.08. The number of carbonyl (C=O) groups excluding carboxylic acids is 1. The molecule has 0 aliphatic heterocycles. The molecule has 0 aliphatic rings. The molecule has 15 heavy (non-hydrogen) atoms. The highest BCUT2D eigenvalue weighted by molar-refractivity contribution is 5.93. The fraction of sp³-hybridized carbons (Fsp3) is 0. The zero-order valence-corrected chi connectivity index (χ0v) is 7.79. The number of nitrogens with two attached hydrogens (primary N) is 3. The van der Waals surface area contributed by atoms with E-state index in [9.17, 15) is 4.79 Å². The number of amides is 1. The molecule has 1 aromatic rings. The van der Waals surface area contributed by atoms with Gasteiger partial charge in [0, 0.05) is 11.8 Å². The van der Waals surface area contributed by atoms with Crippen molar-refractivity contribution in [1.82, 2.24) is 4.98 Å². The first-order chi connectivity index (χ1) is 7.09. The first-order valence-electron chi connectivity index (χ1n) is 3.96. The molecular formula is C8H10N6O. The van der Waals surface area contributed by atoms with Crippen molar-refractivity contribution in [3.8, 4) is 0 Å². The minimum Gasteiger partial charge on any atom is -0.370 e. The number of aliphatic imine (C=N–C) groups is 2. The van der Waals surface area contributed by atoms with E-state index in [0.717, 1.165) is 6.34 Å². The lowest BCUT2D eigenvalue weighted by Crippen LogP contribution is -2.22. The van der Waals surface area contributed by atoms with Crippen molar-refractivity contribution in [3.63, 3.8) is 0 Å². The summed E-state index contributed by atoms with van der Waals surface area (Å²) in [5, 5.41) is 0. The number of rotatable bonds is 3. The molecule has 0 aliphatic carbocycles. The second-order valence-electron chi connectivity index (χ2n) is 2.57. The molecule has 1 rings (SSSR count). The molecule has 6 N–H and O–H groups in total. The fourth-order valence-electron chi connectivity index (χ4n) is 0.797. The van der Waals surface area contributed by atoms with Crippen LogP contribution in [0.4, 0.5) is 5.82 Å². The summed E-state index contributed by atoms with van der Waals surface area (Å²) in [6.45, 7) is 0. The Kier molecular flexibility index (Phi) is 3.33. The number of aromatic nitrogens is 1. The smallest absolute Gasteiger partial charge is 0.248 e. The normalized spacial score (nSPS) is 10.1. The average Bonchev–Trinajstić information content (AvgIpc) is 2.17. The van der Waals surface area contributed by atoms with Gasteiger partial charge in [0.2, 0.25) is 5.91 Å². The van der Waals surface area contributed by atoms with E-state index in [1.807, 2.05) is 0 Å². The fourth-order valence-corrected chi connectivity index (χ4v) is 0.797. The SMILES string of the molecule is NC(=O)c1ccnc(N=CN=C(N)N)c1. The van der Waals surface area contributed by atoms with E-state index in [2.05, 4.69) is 15.0 Å². The van der Waals surface area contributed by atoms with Crippen LogP contribution < -0.4 is 17.2 Å². The summed E-state index contributed by atoms with van der Waals surface area (Å²) in [5.41, 5.74) is 15.5. The molecule has 1 amide bonds. The van der Waals surface area contributed by atoms with Crippen LogP contribution in [0.25, 0.3) is 0 Å². The van der Waals surface area contributed by atoms with Gasteiger partial charge < -0.3 is 17.2 Å². The van der Waals surface area contributed by atoms with Crippen molar-refractivity contribution in [2.45, 2.75) is 0 Å². The number of carbonyl (C=O) groups is 1. The van der Waals surface area contributed by atoms with E-state index in [0.29, 0.717) is 11.4 Å². The minimum absolute atomic E-state index is 0.107. The maximum absolute atomic E-state index is 10.8. The van der Waals surface area contributed by atoms with Crippen LogP contribution >= 0.6 is 0 Å². The summed E-state index contributed by atoms with van der Waals surface area (Å²) in [6.07, 6.45) is 2.56. The summed E-state index contributed by atoms with van der Waals surface area (Å²) in [4.78, 5) is 22.0. The van der Waals surface area contributed by atoms with Gasteiger partial charge in [0.1, 0.15) is 6.34 Å². The topological polar surface area (TPSA) is 133 Å². The highest BCUT2D eigenvalue weighted by atomic mass is 16.1. The van der Waals surface area contributed by atoms with Gasteiger partial charge >= 0.3 is 0 Å². The number of nitrogens with zero attached hydrogens (tertiary/aromatic N) is 3. The van der Waals surface area contributed by atoms with Crippen molar-refractivity contribution in [3.05, 3.63) is 23.9 Å². The average molecular weight is 206 g/mol. The van der Waals surface area contributed by atoms with Crippen LogP contribution in [0, 0.1) is 0 Å². The Morgan fingerprint density at radius 2 is 2.13 bits per heavy atom. The van der Waals surface area contributed by atoms with Crippen molar-refractivity contribution < 1.29 is 4.79 Å². The second-order valence-corrected chi connectivity index (χ2v) is 2.57. The zero-order chi connectivity index (χ0) is 11.3. The predicted octanol–water partition coefficient (Wildman–Crippen LogP) is -0.886. The van der Waals surface area contributed by atoms with Gasteiger partial charge in [-0.25, -0.2) is 15.0 Å². The molecular weight excluding hydrogens is 196 g/mol. The van der Waals surface area contributed by atoms with E-state index in [1.165, 1.54) is 18.3 Å². The molecule has 0 atom stereocenters. The van der Waals surface area contributed by atoms with Crippen molar-refractivity contribution in [2.75, 3.05) is 0 Å². The molecule has 0 spiro atoms. The first-order valence-corrected chi connectivity index (χ1v) is 3.96. The van der Waals surface area contributed by atoms with Crippen molar-refractivity contribution >= 4 is 24.0 Å². The third-order valence-corrected chi connectivity index (χ3v) is 1.43. The highest BCUT2D eigenvalue weighted by Gasteiger charge is 2.00. The largest absolute Gasteiger partial charge is 0.370 e. The minimum atomic E-state index is -0.546. The van der Waals surface area contributed by atoms with E-state index in [-0.39, 0.29) is 5.96 Å². The Labute approximate surface area is 85.7 Å². The van der Waals surface area contributed by atoms with E-state index in [1.54, 1.807) is 0 Å². The first kappa shape index (κ1) is 10.6. The van der Waals surface area contributed by atoms with Gasteiger partial charge in [-0.2, -0.15) is 0 Å². The van der Waals surface area contributed by atoms with Crippen LogP contribution in [0.3, 0.4) is 0 Å². The zero-order valence-electron chi connectivity index (χ0n) is 7.79. The van der Waals surface area contributed by atoms with Gasteiger partial charge in [-0.3, -0.25) is 4.79 Å². The lowest BCUT2D eigenvalue weighted by molar-refractivity contribution is 0.1000. The number of pyridine rings is 1. The van der Waals surface area contributed by atoms with Gasteiger partial charge in [-0.05, 0) is 12.1 Å². The van der Waals surface area contributed by atoms with Crippen LogP contribution in [0.2, 0.25) is 0 Å². The van der Waals surface area contributed by atoms with E-state index >= 15 is 0 Å². The molecule has 1 aromatic heterocycles. The molecule has 7 nitrogen and oxygen atoms in total. The van der Waals surface area contributed by atoms with Crippen LogP contribution in [0.5, 0.6) is 0 Å². The van der Waals surface area contributed by atoms with Gasteiger partial charge in [-0.15, -0.1) is 0 Å². The molecule has 0 saturated carbocycles. The third kappa shape index (κ3) is 3.43. The van der Waals surface area contributed by atoms with Crippen LogP contribution in [-0.4, -0.2) is 23.2 Å². The summed E-state index contributed by atoms with van der Waals surface area (Å²) in [6, 6.07) is 2.92. The van der Waals surface area contributed by atoms with Gasteiger partial charge in [-0.1, -0.05) is 0 Å². The molecule has 0 unspecified atom stereocenters. The summed E-state index contributed by atoms with van der Waals surface area (Å²) < 4.78 is 0. The number of hydrogen-bond acceptors (Lipinski definition) is 3. The molecule has 0 radical (unpaired) electrons. The molecule has 7 heteroatoms. The molecule has 0 fully saturated rings. The van der Waals surface area contributed by atoms with Crippen LogP contribution in [0.15, 0.2) is 28.3 Å². The van der Waals surface area contributed by atoms with Crippen molar-refractivity contribution in [1.29, 1.82) is 0 Å². The number of primary amides is 1. The Balaban J connectivity index is 2.87. The number of guanidine groups is 1.